The number of aryl methyl sites for hydroxylation is 1. The molecule has 0 radical (unpaired) electrons. The molecule has 3 aromatic carbocycles. The van der Waals surface area contributed by atoms with E-state index in [-0.39, 0.29) is 4.90 Å². The summed E-state index contributed by atoms with van der Waals surface area (Å²) in [6.45, 7) is 1.79. The summed E-state index contributed by atoms with van der Waals surface area (Å²) in [5, 5.41) is 0. The van der Waals surface area contributed by atoms with E-state index in [1.165, 1.54) is 12.1 Å². The summed E-state index contributed by atoms with van der Waals surface area (Å²) < 4.78 is 53.7. The van der Waals surface area contributed by atoms with E-state index in [0.717, 1.165) is 5.56 Å². The summed E-state index contributed by atoms with van der Waals surface area (Å²) in [5.41, 5.74) is 8.42. The standard InChI is InChI=1S/C21H22N2O4S2/c1-16-12-14-19(15-13-16)28(24,25)29(26,27)23-21(18-10-6-3-7-11-18)20(22)17-8-4-2-5-9-17/h2-15,20-21,23H,22H2,1H3/t20-,21-/m1/s1. The number of nitrogens with two attached hydrogens (primary N) is 1. The largest absolute Gasteiger partial charge is 0.322 e. The Morgan fingerprint density at radius 1 is 0.724 bits per heavy atom. The van der Waals surface area contributed by atoms with Crippen LogP contribution in [0.5, 0.6) is 0 Å². The van der Waals surface area contributed by atoms with Gasteiger partial charge >= 0.3 is 9.06 Å². The summed E-state index contributed by atoms with van der Waals surface area (Å²) in [4.78, 5) is -0.296. The molecule has 29 heavy (non-hydrogen) atoms. The maximum atomic E-state index is 12.9. The summed E-state index contributed by atoms with van der Waals surface area (Å²) in [5.74, 6) is 0. The van der Waals surface area contributed by atoms with E-state index >= 15 is 0 Å². The second-order valence-electron chi connectivity index (χ2n) is 6.66. The van der Waals surface area contributed by atoms with Crippen molar-refractivity contribution in [3.8, 4) is 0 Å². The molecule has 152 valence electrons. The zero-order chi connectivity index (χ0) is 21.1. The minimum atomic E-state index is -4.78. The molecule has 0 bridgehead atoms. The Bertz CT molecular complexity index is 1160. The van der Waals surface area contributed by atoms with Gasteiger partial charge in [-0.3, -0.25) is 0 Å². The molecule has 3 rings (SSSR count). The molecule has 6 nitrogen and oxygen atoms in total. The molecule has 0 unspecified atom stereocenters. The predicted octanol–water partition coefficient (Wildman–Crippen LogP) is 3.04. The molecule has 2 atom stereocenters. The van der Waals surface area contributed by atoms with Crippen molar-refractivity contribution in [2.75, 3.05) is 0 Å². The summed E-state index contributed by atoms with van der Waals surface area (Å²) in [6, 6.07) is 21.5. The summed E-state index contributed by atoms with van der Waals surface area (Å²) in [7, 11) is -9.45. The van der Waals surface area contributed by atoms with E-state index in [0.29, 0.717) is 11.1 Å². The monoisotopic (exact) mass is 430 g/mol. The first kappa shape index (κ1) is 21.2. The van der Waals surface area contributed by atoms with Crippen LogP contribution in [0.4, 0.5) is 0 Å². The molecule has 0 aliphatic carbocycles. The van der Waals surface area contributed by atoms with Crippen LogP contribution in [0.3, 0.4) is 0 Å². The first-order valence-electron chi connectivity index (χ1n) is 8.92. The smallest absolute Gasteiger partial charge is 0.322 e. The Kier molecular flexibility index (Phi) is 6.18. The molecule has 0 aromatic heterocycles. The Hall–Kier alpha value is -2.52. The third kappa shape index (κ3) is 4.56. The molecule has 0 saturated heterocycles. The van der Waals surface area contributed by atoms with Crippen LogP contribution in [0.25, 0.3) is 0 Å². The number of benzene rings is 3. The fourth-order valence-corrected chi connectivity index (χ4v) is 6.15. The van der Waals surface area contributed by atoms with Gasteiger partial charge in [0.25, 0.3) is 8.87 Å². The van der Waals surface area contributed by atoms with E-state index in [9.17, 15) is 16.8 Å². The van der Waals surface area contributed by atoms with Gasteiger partial charge in [0.1, 0.15) is 0 Å². The highest BCUT2D eigenvalue weighted by Crippen LogP contribution is 2.29. The Morgan fingerprint density at radius 3 is 1.72 bits per heavy atom. The SMILES string of the molecule is Cc1ccc(S(=O)(=O)S(=O)(=O)N[C@H](c2ccccc2)[C@H](N)c2ccccc2)cc1. The zero-order valence-corrected chi connectivity index (χ0v) is 17.4. The molecule has 0 spiro atoms. The minimum absolute atomic E-state index is 0.296. The van der Waals surface area contributed by atoms with Gasteiger partial charge in [0, 0.05) is 0 Å². The fraction of sp³-hybridized carbons (Fsp3) is 0.143. The highest BCUT2D eigenvalue weighted by molar-refractivity contribution is 8.66. The Balaban J connectivity index is 2.02. The quantitative estimate of drug-likeness (QED) is 0.561. The lowest BCUT2D eigenvalue weighted by molar-refractivity contribution is 0.508. The van der Waals surface area contributed by atoms with Gasteiger partial charge in [0.15, 0.2) is 0 Å². The summed E-state index contributed by atoms with van der Waals surface area (Å²) in [6.07, 6.45) is 0. The van der Waals surface area contributed by atoms with Gasteiger partial charge in [-0.15, -0.1) is 0 Å². The number of nitrogens with one attached hydrogen (secondary N) is 1. The molecule has 0 aliphatic rings. The molecule has 0 fully saturated rings. The van der Waals surface area contributed by atoms with Crippen molar-refractivity contribution >= 4 is 17.9 Å². The van der Waals surface area contributed by atoms with Crippen molar-refractivity contribution in [2.45, 2.75) is 23.9 Å². The second kappa shape index (κ2) is 8.46. The lowest BCUT2D eigenvalue weighted by Crippen LogP contribution is -2.39. The van der Waals surface area contributed by atoms with Crippen molar-refractivity contribution in [1.82, 2.24) is 4.72 Å². The van der Waals surface area contributed by atoms with E-state index in [2.05, 4.69) is 4.72 Å². The van der Waals surface area contributed by atoms with Crippen LogP contribution >= 0.6 is 0 Å². The van der Waals surface area contributed by atoms with Crippen molar-refractivity contribution in [3.63, 3.8) is 0 Å². The van der Waals surface area contributed by atoms with Gasteiger partial charge in [-0.05, 0) is 30.2 Å². The normalized spacial score (nSPS) is 14.3. The number of hydrogen-bond donors (Lipinski definition) is 2. The highest BCUT2D eigenvalue weighted by Gasteiger charge is 2.36. The lowest BCUT2D eigenvalue weighted by Gasteiger charge is -2.25. The Morgan fingerprint density at radius 2 is 1.21 bits per heavy atom. The lowest BCUT2D eigenvalue weighted by atomic mass is 9.95. The van der Waals surface area contributed by atoms with Gasteiger partial charge in [-0.1, -0.05) is 78.4 Å². The van der Waals surface area contributed by atoms with Crippen molar-refractivity contribution in [1.29, 1.82) is 0 Å². The number of rotatable bonds is 7. The van der Waals surface area contributed by atoms with Gasteiger partial charge in [0.2, 0.25) is 0 Å². The van der Waals surface area contributed by atoms with Gasteiger partial charge < -0.3 is 5.73 Å². The fourth-order valence-electron chi connectivity index (χ4n) is 2.93. The molecule has 0 heterocycles. The maximum Gasteiger partial charge on any atom is 0.322 e. The molecule has 0 saturated carbocycles. The van der Waals surface area contributed by atoms with Crippen molar-refractivity contribution in [2.24, 2.45) is 5.73 Å². The van der Waals surface area contributed by atoms with Crippen LogP contribution in [-0.4, -0.2) is 16.8 Å². The van der Waals surface area contributed by atoms with Gasteiger partial charge in [-0.25, -0.2) is 8.42 Å². The van der Waals surface area contributed by atoms with Crippen molar-refractivity contribution in [3.05, 3.63) is 102 Å². The van der Waals surface area contributed by atoms with Crippen LogP contribution in [-0.2, 0) is 17.9 Å². The van der Waals surface area contributed by atoms with Crippen LogP contribution in [0.15, 0.2) is 89.8 Å². The third-order valence-electron chi connectivity index (χ3n) is 4.57. The van der Waals surface area contributed by atoms with Crippen LogP contribution in [0.2, 0.25) is 0 Å². The van der Waals surface area contributed by atoms with E-state index in [1.807, 2.05) is 6.07 Å². The zero-order valence-electron chi connectivity index (χ0n) is 15.8. The van der Waals surface area contributed by atoms with E-state index in [4.69, 9.17) is 5.73 Å². The molecule has 0 aliphatic heterocycles. The molecular weight excluding hydrogens is 408 g/mol. The first-order valence-corrected chi connectivity index (χ1v) is 12.4. The predicted molar refractivity (Wildman–Crippen MR) is 113 cm³/mol. The van der Waals surface area contributed by atoms with Gasteiger partial charge in [0.05, 0.1) is 17.0 Å². The first-order chi connectivity index (χ1) is 13.7. The van der Waals surface area contributed by atoms with Crippen LogP contribution in [0.1, 0.15) is 28.8 Å². The van der Waals surface area contributed by atoms with Crippen LogP contribution in [0, 0.1) is 6.92 Å². The van der Waals surface area contributed by atoms with E-state index < -0.39 is 30.0 Å². The minimum Gasteiger partial charge on any atom is -0.322 e. The Labute approximate surface area is 170 Å². The molecule has 3 N–H and O–H groups in total. The van der Waals surface area contributed by atoms with E-state index in [1.54, 1.807) is 73.7 Å². The maximum absolute atomic E-state index is 12.9. The third-order valence-corrected chi connectivity index (χ3v) is 9.14. The summed E-state index contributed by atoms with van der Waals surface area (Å²) >= 11 is 0. The molecular formula is C21H22N2O4S2. The van der Waals surface area contributed by atoms with Gasteiger partial charge in [-0.2, -0.15) is 13.1 Å². The molecule has 0 amide bonds. The molecule has 3 aromatic rings. The second-order valence-corrected chi connectivity index (χ2v) is 11.8. The van der Waals surface area contributed by atoms with Crippen molar-refractivity contribution < 1.29 is 16.8 Å². The average Bonchev–Trinajstić information content (AvgIpc) is 2.73. The van der Waals surface area contributed by atoms with Crippen LogP contribution < -0.4 is 10.5 Å². The average molecular weight is 431 g/mol. The topological polar surface area (TPSA) is 106 Å². The highest BCUT2D eigenvalue weighted by atomic mass is 33.2. The molecule has 8 heteroatoms. The number of hydrogen-bond acceptors (Lipinski definition) is 5.